The molecule has 9 heteroatoms. The number of hydrogen-bond acceptors (Lipinski definition) is 5. The van der Waals surface area contributed by atoms with Gasteiger partial charge in [0.25, 0.3) is 11.8 Å². The van der Waals surface area contributed by atoms with E-state index in [0.29, 0.717) is 17.5 Å². The number of carbonyl (C=O) groups excluding carboxylic acids is 3. The van der Waals surface area contributed by atoms with Gasteiger partial charge in [0, 0.05) is 23.2 Å². The van der Waals surface area contributed by atoms with Gasteiger partial charge in [-0.15, -0.1) is 0 Å². The van der Waals surface area contributed by atoms with Crippen LogP contribution in [0.25, 0.3) is 22.3 Å². The van der Waals surface area contributed by atoms with E-state index in [4.69, 9.17) is 5.26 Å². The highest BCUT2D eigenvalue weighted by atomic mass is 16.4. The summed E-state index contributed by atoms with van der Waals surface area (Å²) in [6, 6.07) is 36.3. The molecule has 0 unspecified atom stereocenters. The Morgan fingerprint density at radius 1 is 0.569 bits per heavy atom. The molecule has 4 aromatic carbocycles. The summed E-state index contributed by atoms with van der Waals surface area (Å²) in [6.45, 7) is -0.00303. The number of carboxylic acid groups (broad SMARTS) is 1. The maximum Gasteiger partial charge on any atom is 0.308 e. The van der Waals surface area contributed by atoms with Gasteiger partial charge in [-0.1, -0.05) is 111 Å². The third-order valence-corrected chi connectivity index (χ3v) is 9.67. The summed E-state index contributed by atoms with van der Waals surface area (Å²) in [5.74, 6) is -2.10. The maximum absolute atomic E-state index is 12.6. The Balaban J connectivity index is 0.000000199. The number of amides is 3. The second-order valence-electron chi connectivity index (χ2n) is 13.0. The van der Waals surface area contributed by atoms with Crippen molar-refractivity contribution in [3.8, 4) is 28.3 Å². The first-order chi connectivity index (χ1) is 24.8. The summed E-state index contributed by atoms with van der Waals surface area (Å²) in [5.41, 5.74) is 5.45. The number of benzene rings is 4. The monoisotopic (exact) mass is 684 g/mol. The Kier molecular flexibility index (Phi) is 13.1. The highest BCUT2D eigenvalue weighted by Crippen LogP contribution is 2.27. The minimum Gasteiger partial charge on any atom is -0.481 e. The van der Waals surface area contributed by atoms with Crippen LogP contribution in [0, 0.1) is 23.2 Å². The fraction of sp³-hybridized carbons (Fsp3) is 0.310. The fourth-order valence-corrected chi connectivity index (χ4v) is 6.87. The molecular weight excluding hydrogens is 640 g/mol. The normalized spacial score (nSPS) is 19.6. The molecule has 4 atom stereocenters. The van der Waals surface area contributed by atoms with Gasteiger partial charge in [0.05, 0.1) is 17.9 Å². The zero-order chi connectivity index (χ0) is 36.0. The van der Waals surface area contributed by atoms with Gasteiger partial charge in [-0.05, 0) is 72.2 Å². The van der Waals surface area contributed by atoms with Crippen LogP contribution in [-0.4, -0.2) is 47.4 Å². The molecule has 0 aliphatic heterocycles. The van der Waals surface area contributed by atoms with Crippen LogP contribution in [0.1, 0.15) is 72.1 Å². The third-order valence-electron chi connectivity index (χ3n) is 9.67. The van der Waals surface area contributed by atoms with Crippen LogP contribution in [0.3, 0.4) is 0 Å². The Bertz CT molecular complexity index is 1800. The summed E-state index contributed by atoms with van der Waals surface area (Å²) >= 11 is 0. The van der Waals surface area contributed by atoms with Gasteiger partial charge in [-0.2, -0.15) is 5.26 Å². The molecule has 2 saturated carbocycles. The molecule has 9 nitrogen and oxygen atoms in total. The van der Waals surface area contributed by atoms with Crippen molar-refractivity contribution in [2.24, 2.45) is 11.8 Å². The van der Waals surface area contributed by atoms with Crippen molar-refractivity contribution in [3.63, 3.8) is 0 Å². The molecule has 0 saturated heterocycles. The molecule has 4 N–H and O–H groups in total. The summed E-state index contributed by atoms with van der Waals surface area (Å²) in [7, 11) is 0. The van der Waals surface area contributed by atoms with E-state index in [0.717, 1.165) is 67.2 Å². The lowest BCUT2D eigenvalue weighted by Gasteiger charge is -2.31. The average Bonchev–Trinajstić information content (AvgIpc) is 3.18. The molecule has 0 aromatic heterocycles. The number of carbonyl (C=O) groups is 4. The Hall–Kier alpha value is -5.75. The minimum absolute atomic E-state index is 0.00303. The molecule has 0 bridgehead atoms. The molecule has 4 aromatic rings. The van der Waals surface area contributed by atoms with E-state index in [9.17, 15) is 24.3 Å². The molecule has 51 heavy (non-hydrogen) atoms. The van der Waals surface area contributed by atoms with E-state index in [1.807, 2.05) is 103 Å². The number of nitriles is 1. The molecule has 2 aliphatic carbocycles. The van der Waals surface area contributed by atoms with Crippen molar-refractivity contribution in [3.05, 3.63) is 120 Å². The molecule has 262 valence electrons. The predicted octanol–water partition coefficient (Wildman–Crippen LogP) is 7.01. The lowest BCUT2D eigenvalue weighted by atomic mass is 9.83. The number of hydrogen-bond donors (Lipinski definition) is 4. The van der Waals surface area contributed by atoms with Crippen molar-refractivity contribution >= 4 is 23.7 Å². The van der Waals surface area contributed by atoms with Gasteiger partial charge in [-0.3, -0.25) is 19.2 Å². The molecule has 0 spiro atoms. The van der Waals surface area contributed by atoms with Crippen LogP contribution in [0.5, 0.6) is 0 Å². The summed E-state index contributed by atoms with van der Waals surface area (Å²) in [4.78, 5) is 48.7. The van der Waals surface area contributed by atoms with E-state index in [2.05, 4.69) is 16.0 Å². The Labute approximate surface area is 299 Å². The minimum atomic E-state index is -0.820. The van der Waals surface area contributed by atoms with Gasteiger partial charge < -0.3 is 21.1 Å². The zero-order valence-corrected chi connectivity index (χ0v) is 28.6. The second-order valence-corrected chi connectivity index (χ2v) is 13.0. The summed E-state index contributed by atoms with van der Waals surface area (Å²) in [5, 5.41) is 26.5. The first-order valence-corrected chi connectivity index (χ1v) is 17.6. The number of aliphatic carboxylic acids is 1. The first-order valence-electron chi connectivity index (χ1n) is 17.6. The quantitative estimate of drug-likeness (QED) is 0.140. The van der Waals surface area contributed by atoms with Crippen molar-refractivity contribution in [1.29, 1.82) is 5.26 Å². The number of nitrogens with zero attached hydrogens (tertiary/aromatic N) is 1. The van der Waals surface area contributed by atoms with Crippen LogP contribution in [0.4, 0.5) is 0 Å². The molecular formula is C42H44N4O5. The Morgan fingerprint density at radius 2 is 0.961 bits per heavy atom. The van der Waals surface area contributed by atoms with E-state index in [-0.39, 0.29) is 42.3 Å². The standard InChI is InChI=1S/C22H23N3O2.C20H21NO3/c23-14-15-24-22(27)19-8-4-5-9-20(19)25-21(26)18-12-10-17(11-13-18)16-6-2-1-3-7-16;22-19(21-18-9-5-4-8-17(18)20(23)24)16-12-10-15(11-13-16)14-6-2-1-3-7-14/h1-3,6-7,10-13,19-20H,4-5,8-9,15H2,(H,24,27)(H,25,26);1-3,6-7,10-13,17-18H,4-5,8-9H2,(H,21,22)(H,23,24)/t19-,20+;17-,18+/m11/s1. The highest BCUT2D eigenvalue weighted by molar-refractivity contribution is 5.96. The largest absolute Gasteiger partial charge is 0.481 e. The summed E-state index contributed by atoms with van der Waals surface area (Å²) in [6.07, 6.45) is 6.69. The van der Waals surface area contributed by atoms with E-state index >= 15 is 0 Å². The second kappa shape index (κ2) is 18.3. The molecule has 0 heterocycles. The number of rotatable bonds is 9. The summed E-state index contributed by atoms with van der Waals surface area (Å²) < 4.78 is 0. The topological polar surface area (TPSA) is 148 Å². The maximum atomic E-state index is 12.6. The molecule has 6 rings (SSSR count). The van der Waals surface area contributed by atoms with Gasteiger partial charge in [0.15, 0.2) is 0 Å². The van der Waals surface area contributed by atoms with Crippen LogP contribution in [0.15, 0.2) is 109 Å². The Morgan fingerprint density at radius 3 is 1.39 bits per heavy atom. The van der Waals surface area contributed by atoms with E-state index in [1.165, 1.54) is 0 Å². The predicted molar refractivity (Wildman–Crippen MR) is 196 cm³/mol. The lowest BCUT2D eigenvalue weighted by molar-refractivity contribution is -0.143. The average molecular weight is 685 g/mol. The lowest BCUT2D eigenvalue weighted by Crippen LogP contribution is -2.48. The van der Waals surface area contributed by atoms with Gasteiger partial charge in [-0.25, -0.2) is 0 Å². The first kappa shape index (κ1) is 36.5. The number of carboxylic acids is 1. The van der Waals surface area contributed by atoms with E-state index in [1.54, 1.807) is 12.1 Å². The van der Waals surface area contributed by atoms with Crippen LogP contribution >= 0.6 is 0 Å². The molecule has 2 fully saturated rings. The van der Waals surface area contributed by atoms with Crippen LogP contribution < -0.4 is 16.0 Å². The van der Waals surface area contributed by atoms with Crippen molar-refractivity contribution in [1.82, 2.24) is 16.0 Å². The molecule has 3 amide bonds. The molecule has 2 aliphatic rings. The fourth-order valence-electron chi connectivity index (χ4n) is 6.87. The third kappa shape index (κ3) is 10.1. The van der Waals surface area contributed by atoms with Crippen LogP contribution in [0.2, 0.25) is 0 Å². The van der Waals surface area contributed by atoms with Crippen molar-refractivity contribution in [2.45, 2.75) is 63.5 Å². The van der Waals surface area contributed by atoms with Gasteiger partial charge in [0.1, 0.15) is 6.54 Å². The van der Waals surface area contributed by atoms with Crippen LogP contribution in [-0.2, 0) is 9.59 Å². The van der Waals surface area contributed by atoms with Crippen molar-refractivity contribution < 1.29 is 24.3 Å². The zero-order valence-electron chi connectivity index (χ0n) is 28.6. The van der Waals surface area contributed by atoms with Gasteiger partial charge >= 0.3 is 5.97 Å². The smallest absolute Gasteiger partial charge is 0.308 e. The van der Waals surface area contributed by atoms with E-state index < -0.39 is 11.9 Å². The van der Waals surface area contributed by atoms with Gasteiger partial charge in [0.2, 0.25) is 5.91 Å². The highest BCUT2D eigenvalue weighted by Gasteiger charge is 2.33. The molecule has 0 radical (unpaired) electrons. The SMILES string of the molecule is N#CCNC(=O)[C@@H]1CCCC[C@@H]1NC(=O)c1ccc(-c2ccccc2)cc1.O=C(N[C@H]1CCCC[C@H]1C(=O)O)c1ccc(-c2ccccc2)cc1. The van der Waals surface area contributed by atoms with Crippen molar-refractivity contribution in [2.75, 3.05) is 6.54 Å². The number of nitrogens with one attached hydrogen (secondary N) is 3.